The van der Waals surface area contributed by atoms with Crippen molar-refractivity contribution in [1.29, 1.82) is 0 Å². The van der Waals surface area contributed by atoms with Crippen molar-refractivity contribution in [1.82, 2.24) is 14.5 Å². The monoisotopic (exact) mass is 295 g/mol. The lowest BCUT2D eigenvalue weighted by molar-refractivity contribution is -0.388. The SMILES string of the molecule is CCc1cnc(C(C)Nc2c([N+](=O)[O-])nc(C)n2C)s1. The molecule has 0 aliphatic rings. The lowest BCUT2D eigenvalue weighted by atomic mass is 10.3. The lowest BCUT2D eigenvalue weighted by Gasteiger charge is -2.12. The highest BCUT2D eigenvalue weighted by Gasteiger charge is 2.25. The number of aryl methyl sites for hydroxylation is 2. The van der Waals surface area contributed by atoms with Crippen LogP contribution < -0.4 is 5.32 Å². The smallest absolute Gasteiger partial charge is 0.358 e. The van der Waals surface area contributed by atoms with Gasteiger partial charge in [0.05, 0.1) is 6.04 Å². The van der Waals surface area contributed by atoms with Gasteiger partial charge < -0.3 is 15.4 Å². The van der Waals surface area contributed by atoms with Gasteiger partial charge in [0.25, 0.3) is 0 Å². The second-order valence-electron chi connectivity index (χ2n) is 4.53. The summed E-state index contributed by atoms with van der Waals surface area (Å²) in [5, 5.41) is 15.1. The molecule has 0 radical (unpaired) electrons. The number of hydrogen-bond acceptors (Lipinski definition) is 6. The molecule has 20 heavy (non-hydrogen) atoms. The molecule has 0 saturated carbocycles. The van der Waals surface area contributed by atoms with E-state index in [4.69, 9.17) is 0 Å². The Morgan fingerprint density at radius 1 is 1.60 bits per heavy atom. The van der Waals surface area contributed by atoms with Crippen LogP contribution >= 0.6 is 11.3 Å². The summed E-state index contributed by atoms with van der Waals surface area (Å²) >= 11 is 1.61. The third-order valence-corrected chi connectivity index (χ3v) is 4.44. The molecule has 0 fully saturated rings. The Labute approximate surface area is 120 Å². The Balaban J connectivity index is 2.27. The highest BCUT2D eigenvalue weighted by molar-refractivity contribution is 7.11. The van der Waals surface area contributed by atoms with Gasteiger partial charge in [-0.2, -0.15) is 0 Å². The van der Waals surface area contributed by atoms with Crippen LogP contribution in [0.15, 0.2) is 6.20 Å². The Bertz CT molecular complexity index is 634. The van der Waals surface area contributed by atoms with Gasteiger partial charge in [0, 0.05) is 25.0 Å². The zero-order chi connectivity index (χ0) is 14.9. The predicted octanol–water partition coefficient (Wildman–Crippen LogP) is 2.83. The standard InChI is InChI=1S/C12H17N5O2S/c1-5-9-6-13-12(20-9)7(2)14-10-11(17(18)19)15-8(3)16(10)4/h6-7,14H,5H2,1-4H3. The van der Waals surface area contributed by atoms with Crippen LogP contribution in [-0.2, 0) is 13.5 Å². The fraction of sp³-hybridized carbons (Fsp3) is 0.500. The zero-order valence-corrected chi connectivity index (χ0v) is 12.7. The van der Waals surface area contributed by atoms with Crippen LogP contribution in [0.25, 0.3) is 0 Å². The normalized spacial score (nSPS) is 12.4. The fourth-order valence-corrected chi connectivity index (χ4v) is 2.69. The maximum Gasteiger partial charge on any atom is 0.406 e. The Morgan fingerprint density at radius 3 is 2.85 bits per heavy atom. The molecule has 0 aliphatic carbocycles. The van der Waals surface area contributed by atoms with E-state index in [0.717, 1.165) is 11.4 Å². The molecule has 1 unspecified atom stereocenters. The van der Waals surface area contributed by atoms with E-state index in [1.165, 1.54) is 4.88 Å². The molecule has 0 aliphatic heterocycles. The number of nitrogens with one attached hydrogen (secondary N) is 1. The first-order chi connectivity index (χ1) is 9.43. The molecular formula is C12H17N5O2S. The molecule has 2 aromatic heterocycles. The minimum Gasteiger partial charge on any atom is -0.358 e. The number of thiazole rings is 1. The van der Waals surface area contributed by atoms with Gasteiger partial charge in [0.15, 0.2) is 0 Å². The Hall–Kier alpha value is -1.96. The van der Waals surface area contributed by atoms with E-state index in [2.05, 4.69) is 22.2 Å². The third-order valence-electron chi connectivity index (χ3n) is 3.12. The maximum atomic E-state index is 11.0. The number of nitro groups is 1. The zero-order valence-electron chi connectivity index (χ0n) is 11.9. The van der Waals surface area contributed by atoms with Gasteiger partial charge >= 0.3 is 5.82 Å². The molecule has 108 valence electrons. The molecule has 1 N–H and O–H groups in total. The van der Waals surface area contributed by atoms with Crippen LogP contribution in [0.2, 0.25) is 0 Å². The molecule has 8 heteroatoms. The predicted molar refractivity (Wildman–Crippen MR) is 78.1 cm³/mol. The number of hydrogen-bond donors (Lipinski definition) is 1. The quantitative estimate of drug-likeness (QED) is 0.677. The van der Waals surface area contributed by atoms with Gasteiger partial charge in [-0.15, -0.1) is 11.3 Å². The average molecular weight is 295 g/mol. The summed E-state index contributed by atoms with van der Waals surface area (Å²) < 4.78 is 1.68. The van der Waals surface area contributed by atoms with Gasteiger partial charge in [0.2, 0.25) is 11.6 Å². The van der Waals surface area contributed by atoms with Crippen LogP contribution in [0, 0.1) is 17.0 Å². The van der Waals surface area contributed by atoms with Crippen LogP contribution in [-0.4, -0.2) is 19.5 Å². The van der Waals surface area contributed by atoms with Gasteiger partial charge in [-0.25, -0.2) is 4.98 Å². The van der Waals surface area contributed by atoms with Crippen molar-refractivity contribution in [3.8, 4) is 0 Å². The van der Waals surface area contributed by atoms with Crippen LogP contribution in [0.5, 0.6) is 0 Å². The Morgan fingerprint density at radius 2 is 2.30 bits per heavy atom. The summed E-state index contributed by atoms with van der Waals surface area (Å²) in [6.45, 7) is 5.75. The van der Waals surface area contributed by atoms with E-state index in [1.807, 2.05) is 13.1 Å². The maximum absolute atomic E-state index is 11.0. The summed E-state index contributed by atoms with van der Waals surface area (Å²) in [6, 6.07) is -0.103. The number of rotatable bonds is 5. The van der Waals surface area contributed by atoms with E-state index >= 15 is 0 Å². The number of anilines is 1. The van der Waals surface area contributed by atoms with Gasteiger partial charge in [-0.1, -0.05) is 6.92 Å². The third kappa shape index (κ3) is 2.64. The first kappa shape index (κ1) is 14.4. The number of nitrogens with zero attached hydrogens (tertiary/aromatic N) is 4. The summed E-state index contributed by atoms with van der Waals surface area (Å²) in [6.07, 6.45) is 2.79. The van der Waals surface area contributed by atoms with E-state index in [1.54, 1.807) is 29.9 Å². The first-order valence-electron chi connectivity index (χ1n) is 6.32. The average Bonchev–Trinajstić information content (AvgIpc) is 2.98. The Kier molecular flexibility index (Phi) is 4.03. The highest BCUT2D eigenvalue weighted by Crippen LogP contribution is 2.29. The lowest BCUT2D eigenvalue weighted by Crippen LogP contribution is -2.11. The van der Waals surface area contributed by atoms with E-state index in [9.17, 15) is 10.1 Å². The largest absolute Gasteiger partial charge is 0.406 e. The number of aromatic nitrogens is 3. The van der Waals surface area contributed by atoms with Crippen molar-refractivity contribution < 1.29 is 4.92 Å². The van der Waals surface area contributed by atoms with Crippen LogP contribution in [0.4, 0.5) is 11.6 Å². The molecule has 0 amide bonds. The molecule has 2 aromatic rings. The minimum atomic E-state index is -0.471. The van der Waals surface area contributed by atoms with Crippen LogP contribution in [0.1, 0.15) is 35.6 Å². The molecule has 7 nitrogen and oxygen atoms in total. The summed E-state index contributed by atoms with van der Waals surface area (Å²) in [5.74, 6) is 0.858. The molecule has 2 rings (SSSR count). The van der Waals surface area contributed by atoms with Crippen molar-refractivity contribution >= 4 is 23.0 Å². The van der Waals surface area contributed by atoms with E-state index in [-0.39, 0.29) is 11.9 Å². The topological polar surface area (TPSA) is 85.9 Å². The molecule has 0 bridgehead atoms. The van der Waals surface area contributed by atoms with Crippen LogP contribution in [0.3, 0.4) is 0 Å². The van der Waals surface area contributed by atoms with E-state index in [0.29, 0.717) is 11.6 Å². The summed E-state index contributed by atoms with van der Waals surface area (Å²) in [4.78, 5) is 20.1. The highest BCUT2D eigenvalue weighted by atomic mass is 32.1. The second-order valence-corrected chi connectivity index (χ2v) is 5.68. The van der Waals surface area contributed by atoms with Crippen molar-refractivity contribution in [2.45, 2.75) is 33.2 Å². The van der Waals surface area contributed by atoms with Gasteiger partial charge in [-0.05, 0) is 23.3 Å². The van der Waals surface area contributed by atoms with E-state index < -0.39 is 4.92 Å². The number of imidazole rings is 1. The van der Waals surface area contributed by atoms with Crippen molar-refractivity contribution in [3.63, 3.8) is 0 Å². The van der Waals surface area contributed by atoms with Gasteiger partial charge in [0.1, 0.15) is 5.01 Å². The second kappa shape index (κ2) is 5.58. The minimum absolute atomic E-state index is 0.103. The van der Waals surface area contributed by atoms with Crippen molar-refractivity contribution in [2.75, 3.05) is 5.32 Å². The molecule has 0 aromatic carbocycles. The van der Waals surface area contributed by atoms with Crippen molar-refractivity contribution in [2.24, 2.45) is 7.05 Å². The first-order valence-corrected chi connectivity index (χ1v) is 7.14. The molecule has 2 heterocycles. The van der Waals surface area contributed by atoms with Gasteiger partial charge in [-0.3, -0.25) is 4.57 Å². The summed E-state index contributed by atoms with van der Waals surface area (Å²) in [7, 11) is 1.75. The fourth-order valence-electron chi connectivity index (χ4n) is 1.83. The molecule has 0 spiro atoms. The molecular weight excluding hydrogens is 278 g/mol. The molecule has 1 atom stereocenters. The van der Waals surface area contributed by atoms with Crippen molar-refractivity contribution in [3.05, 3.63) is 32.0 Å². The molecule has 0 saturated heterocycles. The summed E-state index contributed by atoms with van der Waals surface area (Å²) in [5.41, 5.74) is 0.